The Morgan fingerprint density at radius 3 is 2.58 bits per heavy atom. The number of halogens is 1. The number of benzene rings is 4. The number of imidazole rings is 1. The summed E-state index contributed by atoms with van der Waals surface area (Å²) < 4.78 is 7.48. The number of rotatable bonds is 12. The third kappa shape index (κ3) is 7.96. The Kier molecular flexibility index (Phi) is 10.6. The van der Waals surface area contributed by atoms with Gasteiger partial charge in [0.2, 0.25) is 0 Å². The van der Waals surface area contributed by atoms with Crippen molar-refractivity contribution in [3.63, 3.8) is 0 Å². The summed E-state index contributed by atoms with van der Waals surface area (Å²) in [5.41, 5.74) is 7.42. The number of nitrogens with one attached hydrogen (secondary N) is 1. The Balaban J connectivity index is 1.10. The van der Waals surface area contributed by atoms with Gasteiger partial charge in [0.15, 0.2) is 5.16 Å². The molecule has 0 saturated carbocycles. The number of nitrogens with zero attached hydrogens (tertiary/aromatic N) is 6. The summed E-state index contributed by atoms with van der Waals surface area (Å²) in [6.07, 6.45) is 6.39. The van der Waals surface area contributed by atoms with Crippen molar-refractivity contribution in [2.45, 2.75) is 23.0 Å². The summed E-state index contributed by atoms with van der Waals surface area (Å²) in [6.45, 7) is 6.53. The van der Waals surface area contributed by atoms with E-state index in [1.807, 2.05) is 42.1 Å². The van der Waals surface area contributed by atoms with Crippen LogP contribution in [0.5, 0.6) is 0 Å². The van der Waals surface area contributed by atoms with Crippen LogP contribution in [0.2, 0.25) is 5.02 Å². The zero-order valence-corrected chi connectivity index (χ0v) is 29.5. The highest BCUT2D eigenvalue weighted by molar-refractivity contribution is 7.99. The lowest BCUT2D eigenvalue weighted by molar-refractivity contribution is 0.0376. The number of anilines is 3. The van der Waals surface area contributed by atoms with Crippen molar-refractivity contribution in [3.8, 4) is 17.2 Å². The monoisotopic (exact) mass is 699 g/mol. The molecule has 3 heterocycles. The Labute approximate surface area is 302 Å². The van der Waals surface area contributed by atoms with E-state index in [0.29, 0.717) is 16.3 Å². The van der Waals surface area contributed by atoms with Gasteiger partial charge in [0.25, 0.3) is 0 Å². The van der Waals surface area contributed by atoms with Gasteiger partial charge < -0.3 is 19.5 Å². The summed E-state index contributed by atoms with van der Waals surface area (Å²) in [5, 5.41) is 15.8. The number of aryl methyl sites for hydroxylation is 1. The fourth-order valence-electron chi connectivity index (χ4n) is 6.26. The molecular formula is C40H38ClN7OS. The highest BCUT2D eigenvalue weighted by Crippen LogP contribution is 2.37. The van der Waals surface area contributed by atoms with Crippen LogP contribution in [0.15, 0.2) is 120 Å². The predicted octanol–water partition coefficient (Wildman–Crippen LogP) is 8.78. The summed E-state index contributed by atoms with van der Waals surface area (Å²) in [7, 11) is 1.95. The molecule has 10 heteroatoms. The Morgan fingerprint density at radius 1 is 0.960 bits per heavy atom. The molecule has 1 aliphatic rings. The number of morpholine rings is 1. The Morgan fingerprint density at radius 2 is 1.80 bits per heavy atom. The molecule has 0 radical (unpaired) electrons. The average molecular weight is 700 g/mol. The van der Waals surface area contributed by atoms with Gasteiger partial charge in [-0.3, -0.25) is 9.88 Å². The largest absolute Gasteiger partial charge is 0.379 e. The number of ether oxygens (including phenoxy) is 1. The van der Waals surface area contributed by atoms with Crippen LogP contribution < -0.4 is 10.2 Å². The lowest BCUT2D eigenvalue weighted by Gasteiger charge is -2.29. The predicted molar refractivity (Wildman–Crippen MR) is 203 cm³/mol. The van der Waals surface area contributed by atoms with E-state index in [-0.39, 0.29) is 0 Å². The highest BCUT2D eigenvalue weighted by atomic mass is 35.5. The first kappa shape index (κ1) is 33.6. The topological polar surface area (TPSA) is 82.2 Å². The van der Waals surface area contributed by atoms with E-state index in [1.165, 1.54) is 23.0 Å². The van der Waals surface area contributed by atoms with Crippen LogP contribution in [0.25, 0.3) is 22.0 Å². The maximum atomic E-state index is 9.98. The minimum atomic E-state index is 0.462. The van der Waals surface area contributed by atoms with Gasteiger partial charge in [-0.05, 0) is 65.6 Å². The normalized spacial score (nSPS) is 13.3. The van der Waals surface area contributed by atoms with E-state index in [9.17, 15) is 5.26 Å². The second kappa shape index (κ2) is 15.8. The number of aromatic nitrogens is 3. The van der Waals surface area contributed by atoms with Gasteiger partial charge in [-0.1, -0.05) is 71.9 Å². The molecule has 1 saturated heterocycles. The molecule has 1 aliphatic heterocycles. The van der Waals surface area contributed by atoms with Crippen LogP contribution in [0.4, 0.5) is 17.1 Å². The molecule has 0 unspecified atom stereocenters. The molecule has 0 spiro atoms. The standard InChI is InChI=1S/C40H38ClN7OS/c1-46-18-15-43-40(46)50-38-14-12-33(25-36(38)41)45-39-32(26-42)27-44-37-24-31(11-13-35(37)39)30-8-5-7-29(23-30)28-48(34-9-3-2-4-10-34)17-6-16-47-19-21-49-22-20-47/h2-5,7-15,18,23-25,27H,6,16-17,19-22,28H2,1H3,(H,44,45). The Bertz CT molecular complexity index is 2120. The first-order valence-corrected chi connectivity index (χ1v) is 18.0. The summed E-state index contributed by atoms with van der Waals surface area (Å²) in [6, 6.07) is 33.8. The maximum Gasteiger partial charge on any atom is 0.172 e. The maximum absolute atomic E-state index is 9.98. The van der Waals surface area contributed by atoms with Crippen LogP contribution in [-0.2, 0) is 18.3 Å². The van der Waals surface area contributed by atoms with Crippen LogP contribution in [0, 0.1) is 11.3 Å². The third-order valence-corrected chi connectivity index (χ3v) is 10.5. The zero-order chi connectivity index (χ0) is 34.3. The van der Waals surface area contributed by atoms with E-state index in [2.05, 4.69) is 97.9 Å². The lowest BCUT2D eigenvalue weighted by Crippen LogP contribution is -2.38. The molecule has 7 rings (SSSR count). The molecular weight excluding hydrogens is 662 g/mol. The second-order valence-electron chi connectivity index (χ2n) is 12.3. The molecule has 0 aliphatic carbocycles. The number of hydrogen-bond donors (Lipinski definition) is 1. The molecule has 50 heavy (non-hydrogen) atoms. The van der Waals surface area contributed by atoms with Gasteiger partial charge in [-0.2, -0.15) is 5.26 Å². The van der Waals surface area contributed by atoms with Gasteiger partial charge >= 0.3 is 0 Å². The van der Waals surface area contributed by atoms with Gasteiger partial charge in [-0.25, -0.2) is 4.98 Å². The fraction of sp³-hybridized carbons (Fsp3) is 0.225. The van der Waals surface area contributed by atoms with Crippen LogP contribution in [-0.4, -0.2) is 58.8 Å². The summed E-state index contributed by atoms with van der Waals surface area (Å²) in [5.74, 6) is 0. The average Bonchev–Trinajstić information content (AvgIpc) is 3.56. The fourth-order valence-corrected chi connectivity index (χ4v) is 7.37. The van der Waals surface area contributed by atoms with Crippen LogP contribution in [0.3, 0.4) is 0 Å². The van der Waals surface area contributed by atoms with E-state index in [0.717, 1.165) is 90.1 Å². The molecule has 8 nitrogen and oxygen atoms in total. The SMILES string of the molecule is Cn1ccnc1Sc1ccc(Nc2c(C#N)cnc3cc(-c4cccc(CN(CCCN5CCOCC5)c5ccccc5)c4)ccc23)cc1Cl. The smallest absolute Gasteiger partial charge is 0.172 e. The molecule has 0 atom stereocenters. The second-order valence-corrected chi connectivity index (χ2v) is 13.8. The number of pyridine rings is 1. The number of para-hydroxylation sites is 1. The number of hydrogen-bond acceptors (Lipinski definition) is 8. The van der Waals surface area contributed by atoms with Crippen molar-refractivity contribution < 1.29 is 4.74 Å². The van der Waals surface area contributed by atoms with Crippen molar-refractivity contribution in [2.75, 3.05) is 49.6 Å². The summed E-state index contributed by atoms with van der Waals surface area (Å²) >= 11 is 8.20. The van der Waals surface area contributed by atoms with E-state index >= 15 is 0 Å². The molecule has 2 aromatic heterocycles. The van der Waals surface area contributed by atoms with Crippen molar-refractivity contribution in [1.29, 1.82) is 5.26 Å². The minimum absolute atomic E-state index is 0.462. The summed E-state index contributed by atoms with van der Waals surface area (Å²) in [4.78, 5) is 14.9. The quantitative estimate of drug-likeness (QED) is 0.136. The number of nitriles is 1. The Hall–Kier alpha value is -4.85. The lowest BCUT2D eigenvalue weighted by atomic mass is 10.00. The molecule has 252 valence electrons. The molecule has 4 aromatic carbocycles. The van der Waals surface area contributed by atoms with Crippen molar-refractivity contribution in [2.24, 2.45) is 7.05 Å². The zero-order valence-electron chi connectivity index (χ0n) is 27.9. The van der Waals surface area contributed by atoms with Crippen molar-refractivity contribution in [3.05, 3.63) is 126 Å². The van der Waals surface area contributed by atoms with Gasteiger partial charge in [0, 0.05) is 80.0 Å². The van der Waals surface area contributed by atoms with Crippen molar-refractivity contribution in [1.82, 2.24) is 19.4 Å². The molecule has 1 fully saturated rings. The van der Waals surface area contributed by atoms with Gasteiger partial charge in [0.05, 0.1) is 35.0 Å². The number of fused-ring (bicyclic) bond motifs is 1. The molecule has 0 bridgehead atoms. The van der Waals surface area contributed by atoms with E-state index in [4.69, 9.17) is 16.3 Å². The first-order valence-electron chi connectivity index (χ1n) is 16.8. The van der Waals surface area contributed by atoms with Crippen molar-refractivity contribution >= 4 is 51.3 Å². The molecule has 0 amide bonds. The van der Waals surface area contributed by atoms with Gasteiger partial charge in [-0.15, -0.1) is 0 Å². The third-order valence-electron chi connectivity index (χ3n) is 8.93. The minimum Gasteiger partial charge on any atom is -0.379 e. The highest BCUT2D eigenvalue weighted by Gasteiger charge is 2.15. The first-order chi connectivity index (χ1) is 24.5. The molecule has 6 aromatic rings. The van der Waals surface area contributed by atoms with Crippen LogP contribution >= 0.6 is 23.4 Å². The van der Waals surface area contributed by atoms with Gasteiger partial charge in [0.1, 0.15) is 6.07 Å². The van der Waals surface area contributed by atoms with E-state index in [1.54, 1.807) is 12.4 Å². The molecule has 1 N–H and O–H groups in total. The van der Waals surface area contributed by atoms with Crippen LogP contribution in [0.1, 0.15) is 17.5 Å². The van der Waals surface area contributed by atoms with E-state index < -0.39 is 0 Å².